The van der Waals surface area contributed by atoms with Crippen molar-refractivity contribution in [1.29, 1.82) is 5.26 Å². The number of amides is 3. The van der Waals surface area contributed by atoms with E-state index in [0.717, 1.165) is 53.5 Å². The van der Waals surface area contributed by atoms with Crippen molar-refractivity contribution in [2.24, 2.45) is 0 Å². The molecule has 3 amide bonds. The lowest BCUT2D eigenvalue weighted by Crippen LogP contribution is -2.53. The zero-order valence-corrected chi connectivity index (χ0v) is 24.9. The Morgan fingerprint density at radius 3 is 2.42 bits per heavy atom. The summed E-state index contributed by atoms with van der Waals surface area (Å²) in [5.41, 5.74) is 5.54. The van der Waals surface area contributed by atoms with Gasteiger partial charge in [0.05, 0.1) is 23.0 Å². The highest BCUT2D eigenvalue weighted by atomic mass is 19.1. The van der Waals surface area contributed by atoms with Gasteiger partial charge in [0.2, 0.25) is 11.8 Å². The highest BCUT2D eigenvalue weighted by Crippen LogP contribution is 2.41. The smallest absolute Gasteiger partial charge is 0.259 e. The minimum atomic E-state index is -0.703. The van der Waals surface area contributed by atoms with Crippen molar-refractivity contribution in [3.8, 4) is 6.07 Å². The number of nitrogens with zero attached hydrogens (tertiary/aromatic N) is 4. The first-order valence-electron chi connectivity index (χ1n) is 15.3. The maximum absolute atomic E-state index is 14.6. The maximum atomic E-state index is 14.6. The number of carbonyl (C=O) groups is 3. The van der Waals surface area contributed by atoms with Gasteiger partial charge < -0.3 is 9.80 Å². The molecule has 0 aromatic heterocycles. The Morgan fingerprint density at radius 2 is 1.71 bits per heavy atom. The van der Waals surface area contributed by atoms with Gasteiger partial charge >= 0.3 is 0 Å². The fraction of sp³-hybridized carbons (Fsp3) is 0.278. The molecular formula is C36H32FN5O3. The summed E-state index contributed by atoms with van der Waals surface area (Å²) >= 11 is 0. The van der Waals surface area contributed by atoms with Gasteiger partial charge in [-0.05, 0) is 84.7 Å². The summed E-state index contributed by atoms with van der Waals surface area (Å²) in [5, 5.41) is 13.2. The molecule has 0 aliphatic carbocycles. The van der Waals surface area contributed by atoms with E-state index >= 15 is 0 Å². The van der Waals surface area contributed by atoms with E-state index in [1.54, 1.807) is 23.1 Å². The molecule has 0 spiro atoms. The van der Waals surface area contributed by atoms with E-state index < -0.39 is 11.9 Å². The number of halogens is 1. The normalized spacial score (nSPS) is 18.3. The van der Waals surface area contributed by atoms with Gasteiger partial charge in [-0.1, -0.05) is 30.3 Å². The lowest BCUT2D eigenvalue weighted by molar-refractivity contribution is -0.134. The summed E-state index contributed by atoms with van der Waals surface area (Å²) in [6.07, 6.45) is 3.00. The Kier molecular flexibility index (Phi) is 7.20. The van der Waals surface area contributed by atoms with E-state index in [1.165, 1.54) is 6.07 Å². The third-order valence-electron chi connectivity index (χ3n) is 9.51. The van der Waals surface area contributed by atoms with E-state index in [2.05, 4.69) is 46.4 Å². The number of piperidine rings is 2. The average Bonchev–Trinajstić information content (AvgIpc) is 3.34. The first-order chi connectivity index (χ1) is 21.8. The molecule has 3 aliphatic rings. The summed E-state index contributed by atoms with van der Waals surface area (Å²) in [7, 11) is 2.10. The summed E-state index contributed by atoms with van der Waals surface area (Å²) in [4.78, 5) is 43.7. The van der Waals surface area contributed by atoms with Crippen LogP contribution in [0.3, 0.4) is 0 Å². The van der Waals surface area contributed by atoms with Gasteiger partial charge in [0.1, 0.15) is 11.9 Å². The summed E-state index contributed by atoms with van der Waals surface area (Å²) in [6, 6.07) is 24.5. The van der Waals surface area contributed by atoms with Crippen LogP contribution in [0.4, 0.5) is 21.5 Å². The van der Waals surface area contributed by atoms with Crippen LogP contribution in [0.15, 0.2) is 72.8 Å². The first kappa shape index (κ1) is 28.5. The quantitative estimate of drug-likeness (QED) is 0.301. The Labute approximate surface area is 260 Å². The second kappa shape index (κ2) is 11.4. The number of rotatable bonds is 6. The van der Waals surface area contributed by atoms with Crippen LogP contribution in [0.1, 0.15) is 52.7 Å². The van der Waals surface area contributed by atoms with Crippen LogP contribution < -0.4 is 20.0 Å². The standard InChI is InChI=1S/C36H32FN5O3/c1-40(26-15-17-41(18-16-26)30-11-7-23(21-38)20-29(30)37)25-9-5-22(6-10-25)19-24-8-12-31-34-27(24)3-2-4-28(34)36(45)42(31)32-13-14-33(43)39-35(32)44/h2-12,20,26,32H,13-19H2,1H3,(H,39,43,44). The molecule has 4 aromatic carbocycles. The van der Waals surface area contributed by atoms with Crippen molar-refractivity contribution >= 4 is 45.6 Å². The predicted molar refractivity (Wildman–Crippen MR) is 171 cm³/mol. The number of nitriles is 1. The SMILES string of the molecule is CN(c1ccc(Cc2ccc3c4c(cccc24)C(=O)N3C2CCC(=O)NC2=O)cc1)C1CCN(c2ccc(C#N)cc2F)CC1. The summed E-state index contributed by atoms with van der Waals surface area (Å²) in [6.45, 7) is 1.48. The molecule has 1 N–H and O–H groups in total. The molecule has 3 aliphatic heterocycles. The van der Waals surface area contributed by atoms with Crippen LogP contribution in [0.25, 0.3) is 10.8 Å². The molecular weight excluding hydrogens is 569 g/mol. The fourth-order valence-electron chi connectivity index (χ4n) is 7.07. The molecule has 1 unspecified atom stereocenters. The third kappa shape index (κ3) is 5.06. The Bertz CT molecular complexity index is 1890. The zero-order valence-electron chi connectivity index (χ0n) is 24.9. The van der Waals surface area contributed by atoms with Gasteiger partial charge in [-0.15, -0.1) is 0 Å². The molecule has 1 atom stereocenters. The minimum absolute atomic E-state index is 0.206. The topological polar surface area (TPSA) is 96.8 Å². The number of benzene rings is 4. The Hall–Kier alpha value is -5.23. The van der Waals surface area contributed by atoms with Crippen LogP contribution in [-0.4, -0.2) is 49.9 Å². The predicted octanol–water partition coefficient (Wildman–Crippen LogP) is 5.31. The van der Waals surface area contributed by atoms with E-state index in [-0.39, 0.29) is 24.1 Å². The monoisotopic (exact) mass is 601 g/mol. The zero-order chi connectivity index (χ0) is 31.2. The van der Waals surface area contributed by atoms with Gasteiger partial charge in [0.25, 0.3) is 5.91 Å². The van der Waals surface area contributed by atoms with Crippen molar-refractivity contribution in [2.45, 2.75) is 44.2 Å². The van der Waals surface area contributed by atoms with Crippen LogP contribution in [0, 0.1) is 17.1 Å². The van der Waals surface area contributed by atoms with Crippen molar-refractivity contribution in [3.05, 3.63) is 101 Å². The van der Waals surface area contributed by atoms with Gasteiger partial charge in [0.15, 0.2) is 0 Å². The number of imide groups is 1. The summed E-state index contributed by atoms with van der Waals surface area (Å²) in [5.74, 6) is -1.29. The number of hydrogen-bond acceptors (Lipinski definition) is 6. The second-order valence-corrected chi connectivity index (χ2v) is 12.1. The molecule has 0 bridgehead atoms. The average molecular weight is 602 g/mol. The van der Waals surface area contributed by atoms with Crippen LogP contribution >= 0.6 is 0 Å². The van der Waals surface area contributed by atoms with Crippen LogP contribution in [0.2, 0.25) is 0 Å². The highest BCUT2D eigenvalue weighted by molar-refractivity contribution is 6.27. The molecule has 9 heteroatoms. The Balaban J connectivity index is 1.05. The highest BCUT2D eigenvalue weighted by Gasteiger charge is 2.40. The van der Waals surface area contributed by atoms with Gasteiger partial charge in [-0.25, -0.2) is 4.39 Å². The molecule has 0 saturated carbocycles. The Morgan fingerprint density at radius 1 is 0.956 bits per heavy atom. The molecule has 0 radical (unpaired) electrons. The molecule has 2 saturated heterocycles. The largest absolute Gasteiger partial charge is 0.371 e. The number of carbonyl (C=O) groups excluding carboxylic acids is 3. The fourth-order valence-corrected chi connectivity index (χ4v) is 7.07. The van der Waals surface area contributed by atoms with E-state index in [0.29, 0.717) is 41.4 Å². The van der Waals surface area contributed by atoms with Gasteiger partial charge in [-0.3, -0.25) is 24.6 Å². The van der Waals surface area contributed by atoms with E-state index in [9.17, 15) is 18.8 Å². The number of hydrogen-bond donors (Lipinski definition) is 1. The third-order valence-corrected chi connectivity index (χ3v) is 9.51. The maximum Gasteiger partial charge on any atom is 0.259 e. The minimum Gasteiger partial charge on any atom is -0.371 e. The molecule has 7 rings (SSSR count). The first-order valence-corrected chi connectivity index (χ1v) is 15.3. The van der Waals surface area contributed by atoms with Crippen LogP contribution in [-0.2, 0) is 16.0 Å². The van der Waals surface area contributed by atoms with Crippen molar-refractivity contribution in [3.63, 3.8) is 0 Å². The van der Waals surface area contributed by atoms with Crippen LogP contribution in [0.5, 0.6) is 0 Å². The van der Waals surface area contributed by atoms with E-state index in [1.807, 2.05) is 30.3 Å². The van der Waals surface area contributed by atoms with Gasteiger partial charge in [-0.2, -0.15) is 5.26 Å². The molecule has 8 nitrogen and oxygen atoms in total. The second-order valence-electron chi connectivity index (χ2n) is 12.1. The van der Waals surface area contributed by atoms with Crippen molar-refractivity contribution in [1.82, 2.24) is 5.32 Å². The van der Waals surface area contributed by atoms with Gasteiger partial charge in [0, 0.05) is 49.2 Å². The molecule has 45 heavy (non-hydrogen) atoms. The lowest BCUT2D eigenvalue weighted by Gasteiger charge is -2.39. The van der Waals surface area contributed by atoms with Crippen molar-refractivity contribution < 1.29 is 18.8 Å². The molecule has 226 valence electrons. The molecule has 3 heterocycles. The van der Waals surface area contributed by atoms with Crippen molar-refractivity contribution in [2.75, 3.05) is 34.8 Å². The number of anilines is 3. The lowest BCUT2D eigenvalue weighted by atomic mass is 9.95. The molecule has 2 fully saturated rings. The number of nitrogens with one attached hydrogen (secondary N) is 1. The molecule has 4 aromatic rings. The summed E-state index contributed by atoms with van der Waals surface area (Å²) < 4.78 is 14.6. The van der Waals surface area contributed by atoms with E-state index in [4.69, 9.17) is 5.26 Å².